The van der Waals surface area contributed by atoms with Crippen molar-refractivity contribution in [1.82, 2.24) is 4.57 Å². The zero-order chi connectivity index (χ0) is 20.6. The van der Waals surface area contributed by atoms with Crippen molar-refractivity contribution in [2.24, 2.45) is 0 Å². The molecule has 0 saturated heterocycles. The number of aromatic nitrogens is 1. The van der Waals surface area contributed by atoms with E-state index in [1.54, 1.807) is 0 Å². The SMILES string of the molecule is C1=CCC2=Cc3c(c4ccccc4n3Cc3ccccc3)N(Cc3ccccc3)C2=C1. The molecule has 0 unspecified atom stereocenters. The second-order valence-corrected chi connectivity index (χ2v) is 8.25. The third kappa shape index (κ3) is 3.12. The van der Waals surface area contributed by atoms with E-state index in [9.17, 15) is 0 Å². The highest BCUT2D eigenvalue weighted by molar-refractivity contribution is 6.01. The molecule has 6 rings (SSSR count). The molecule has 2 heterocycles. The number of fused-ring (bicyclic) bond motifs is 4. The molecule has 4 aromatic rings. The summed E-state index contributed by atoms with van der Waals surface area (Å²) >= 11 is 0. The van der Waals surface area contributed by atoms with Crippen LogP contribution in [0.15, 0.2) is 114 Å². The van der Waals surface area contributed by atoms with Gasteiger partial charge in [0.2, 0.25) is 0 Å². The fraction of sp³-hybridized carbons (Fsp3) is 0.103. The molecule has 0 radical (unpaired) electrons. The summed E-state index contributed by atoms with van der Waals surface area (Å²) < 4.78 is 2.49. The topological polar surface area (TPSA) is 8.17 Å². The lowest BCUT2D eigenvalue weighted by Crippen LogP contribution is -2.27. The highest BCUT2D eigenvalue weighted by Crippen LogP contribution is 2.45. The Kier molecular flexibility index (Phi) is 4.35. The summed E-state index contributed by atoms with van der Waals surface area (Å²) in [6.45, 7) is 1.73. The van der Waals surface area contributed by atoms with E-state index in [1.165, 1.54) is 44.7 Å². The van der Waals surface area contributed by atoms with E-state index in [1.807, 2.05) is 0 Å². The minimum absolute atomic E-state index is 0.865. The maximum Gasteiger partial charge on any atom is 0.0750 e. The van der Waals surface area contributed by atoms with Crippen LogP contribution in [0.1, 0.15) is 23.2 Å². The van der Waals surface area contributed by atoms with E-state index in [2.05, 4.69) is 119 Å². The minimum atomic E-state index is 0.865. The number of rotatable bonds is 4. The van der Waals surface area contributed by atoms with Gasteiger partial charge in [-0.3, -0.25) is 0 Å². The maximum absolute atomic E-state index is 2.52. The van der Waals surface area contributed by atoms with E-state index in [0.29, 0.717) is 0 Å². The molecule has 0 bridgehead atoms. The van der Waals surface area contributed by atoms with Gasteiger partial charge < -0.3 is 9.47 Å². The van der Waals surface area contributed by atoms with Gasteiger partial charge in [-0.05, 0) is 41.3 Å². The molecule has 1 aromatic heterocycles. The summed E-state index contributed by atoms with van der Waals surface area (Å²) in [6.07, 6.45) is 10.1. The molecular formula is C29H24N2. The molecule has 150 valence electrons. The molecule has 0 fully saturated rings. The lowest BCUT2D eigenvalue weighted by atomic mass is 9.96. The molecule has 0 saturated carbocycles. The van der Waals surface area contributed by atoms with Gasteiger partial charge in [-0.25, -0.2) is 0 Å². The Labute approximate surface area is 183 Å². The predicted octanol–water partition coefficient (Wildman–Crippen LogP) is 6.94. The normalized spacial score (nSPS) is 14.8. The third-order valence-corrected chi connectivity index (χ3v) is 6.28. The Morgan fingerprint density at radius 2 is 1.39 bits per heavy atom. The van der Waals surface area contributed by atoms with E-state index in [-0.39, 0.29) is 0 Å². The van der Waals surface area contributed by atoms with E-state index < -0.39 is 0 Å². The average molecular weight is 401 g/mol. The number of benzene rings is 3. The molecular weight excluding hydrogens is 376 g/mol. The molecule has 31 heavy (non-hydrogen) atoms. The molecule has 1 aliphatic carbocycles. The number of anilines is 1. The maximum atomic E-state index is 2.52. The zero-order valence-electron chi connectivity index (χ0n) is 17.4. The molecule has 1 aliphatic heterocycles. The van der Waals surface area contributed by atoms with Crippen LogP contribution in [0.5, 0.6) is 0 Å². The Balaban J connectivity index is 1.58. The highest BCUT2D eigenvalue weighted by Gasteiger charge is 2.29. The Morgan fingerprint density at radius 1 is 0.710 bits per heavy atom. The first-order valence-corrected chi connectivity index (χ1v) is 10.9. The smallest absolute Gasteiger partial charge is 0.0750 e. The second kappa shape index (κ2) is 7.48. The zero-order valence-corrected chi connectivity index (χ0v) is 17.4. The van der Waals surface area contributed by atoms with Gasteiger partial charge in [-0.15, -0.1) is 0 Å². The fourth-order valence-corrected chi connectivity index (χ4v) is 4.85. The largest absolute Gasteiger partial charge is 0.335 e. The summed E-state index contributed by atoms with van der Waals surface area (Å²) in [4.78, 5) is 2.52. The van der Waals surface area contributed by atoms with Crippen molar-refractivity contribution in [3.8, 4) is 0 Å². The first-order valence-electron chi connectivity index (χ1n) is 10.9. The van der Waals surface area contributed by atoms with E-state index >= 15 is 0 Å². The number of allylic oxidation sites excluding steroid dienone is 4. The second-order valence-electron chi connectivity index (χ2n) is 8.25. The van der Waals surface area contributed by atoms with Gasteiger partial charge in [0.1, 0.15) is 0 Å². The van der Waals surface area contributed by atoms with Crippen LogP contribution >= 0.6 is 0 Å². The third-order valence-electron chi connectivity index (χ3n) is 6.28. The highest BCUT2D eigenvalue weighted by atomic mass is 15.2. The number of hydrogen-bond donors (Lipinski definition) is 0. The Morgan fingerprint density at radius 3 is 2.16 bits per heavy atom. The van der Waals surface area contributed by atoms with Crippen LogP contribution in [0.25, 0.3) is 17.0 Å². The van der Waals surface area contributed by atoms with E-state index in [4.69, 9.17) is 0 Å². The molecule has 0 amide bonds. The lowest BCUT2D eigenvalue weighted by Gasteiger charge is -2.34. The molecule has 3 aromatic carbocycles. The van der Waals surface area contributed by atoms with Gasteiger partial charge in [-0.1, -0.05) is 91.0 Å². The quantitative estimate of drug-likeness (QED) is 0.360. The fourth-order valence-electron chi connectivity index (χ4n) is 4.85. The van der Waals surface area contributed by atoms with Crippen LogP contribution in [-0.2, 0) is 13.1 Å². The number of hydrogen-bond acceptors (Lipinski definition) is 1. The van der Waals surface area contributed by atoms with Crippen LogP contribution in [0.4, 0.5) is 5.69 Å². The van der Waals surface area contributed by atoms with Crippen molar-refractivity contribution in [3.63, 3.8) is 0 Å². The molecule has 2 heteroatoms. The van der Waals surface area contributed by atoms with Crippen LogP contribution in [0.3, 0.4) is 0 Å². The number of nitrogens with zero attached hydrogens (tertiary/aromatic N) is 2. The van der Waals surface area contributed by atoms with Gasteiger partial charge in [-0.2, -0.15) is 0 Å². The van der Waals surface area contributed by atoms with Crippen LogP contribution < -0.4 is 4.90 Å². The standard InChI is InChI=1S/C29H24N2/c1-3-11-22(12-4-1)20-30-27-18-10-8-16-25(27)29-28(30)19-24-15-7-9-17-26(24)31(29)21-23-13-5-2-6-14-23/h1-14,16-19H,15,20-21H2. The summed E-state index contributed by atoms with van der Waals surface area (Å²) in [6, 6.07) is 30.4. The predicted molar refractivity (Wildman–Crippen MR) is 130 cm³/mol. The average Bonchev–Trinajstić information content (AvgIpc) is 3.14. The van der Waals surface area contributed by atoms with Gasteiger partial charge in [0.05, 0.1) is 16.9 Å². The molecule has 0 spiro atoms. The lowest BCUT2D eigenvalue weighted by molar-refractivity contribution is 0.811. The van der Waals surface area contributed by atoms with Crippen molar-refractivity contribution < 1.29 is 0 Å². The van der Waals surface area contributed by atoms with Gasteiger partial charge in [0.15, 0.2) is 0 Å². The van der Waals surface area contributed by atoms with Crippen molar-refractivity contribution in [2.75, 3.05) is 4.90 Å². The minimum Gasteiger partial charge on any atom is -0.335 e. The molecule has 0 atom stereocenters. The van der Waals surface area contributed by atoms with E-state index in [0.717, 1.165) is 19.5 Å². The van der Waals surface area contributed by atoms with Crippen molar-refractivity contribution in [1.29, 1.82) is 0 Å². The Bertz CT molecular complexity index is 1340. The summed E-state index contributed by atoms with van der Waals surface area (Å²) in [5, 5.41) is 1.31. The van der Waals surface area contributed by atoms with Gasteiger partial charge >= 0.3 is 0 Å². The molecule has 2 aliphatic rings. The van der Waals surface area contributed by atoms with Crippen LogP contribution in [0, 0.1) is 0 Å². The molecule has 2 nitrogen and oxygen atoms in total. The van der Waals surface area contributed by atoms with Gasteiger partial charge in [0, 0.05) is 24.2 Å². The first-order chi connectivity index (χ1) is 15.4. The van der Waals surface area contributed by atoms with Crippen LogP contribution in [0.2, 0.25) is 0 Å². The van der Waals surface area contributed by atoms with Gasteiger partial charge in [0.25, 0.3) is 0 Å². The summed E-state index contributed by atoms with van der Waals surface area (Å²) in [5.74, 6) is 0. The van der Waals surface area contributed by atoms with Crippen molar-refractivity contribution in [2.45, 2.75) is 19.5 Å². The number of para-hydroxylation sites is 1. The molecule has 0 N–H and O–H groups in total. The van der Waals surface area contributed by atoms with Crippen LogP contribution in [-0.4, -0.2) is 4.57 Å². The van der Waals surface area contributed by atoms with Crippen molar-refractivity contribution >= 4 is 22.7 Å². The first kappa shape index (κ1) is 18.0. The summed E-state index contributed by atoms with van der Waals surface area (Å²) in [7, 11) is 0. The Hall–Kier alpha value is -3.78. The summed E-state index contributed by atoms with van der Waals surface area (Å²) in [5.41, 5.74) is 9.28. The monoisotopic (exact) mass is 400 g/mol. The van der Waals surface area contributed by atoms with Crippen molar-refractivity contribution in [3.05, 3.63) is 131 Å².